The second kappa shape index (κ2) is 5.13. The van der Waals surface area contributed by atoms with Crippen molar-refractivity contribution < 1.29 is 23.1 Å². The number of nitrogens with zero attached hydrogens (tertiary/aromatic N) is 1. The maximum Gasteiger partial charge on any atom is 0.320 e. The number of methoxy groups -OCH3 is 1. The predicted octanol–water partition coefficient (Wildman–Crippen LogP) is 0.128. The Morgan fingerprint density at radius 3 is 2.56 bits per heavy atom. The summed E-state index contributed by atoms with van der Waals surface area (Å²) in [6.45, 7) is 0. The van der Waals surface area contributed by atoms with Crippen molar-refractivity contribution in [2.45, 2.75) is 0 Å². The van der Waals surface area contributed by atoms with Gasteiger partial charge in [0.05, 0.1) is 18.5 Å². The van der Waals surface area contributed by atoms with Crippen molar-refractivity contribution >= 4 is 27.4 Å². The largest absolute Gasteiger partial charge is 0.497 e. The monoisotopic (exact) mass is 274 g/mol. The summed E-state index contributed by atoms with van der Waals surface area (Å²) in [6, 6.07) is 4.45. The number of sulfonamides is 1. The Kier molecular flexibility index (Phi) is 4.02. The number of rotatable bonds is 5. The summed E-state index contributed by atoms with van der Waals surface area (Å²) >= 11 is 0. The lowest BCUT2D eigenvalue weighted by molar-refractivity contribution is -0.134. The molecule has 7 nitrogen and oxygen atoms in total. The van der Waals surface area contributed by atoms with Crippen molar-refractivity contribution in [1.29, 1.82) is 0 Å². The summed E-state index contributed by atoms with van der Waals surface area (Å²) < 4.78 is 29.2. The Morgan fingerprint density at radius 1 is 1.50 bits per heavy atom. The first-order valence-corrected chi connectivity index (χ1v) is 6.50. The van der Waals surface area contributed by atoms with Crippen LogP contribution >= 0.6 is 0 Å². The Labute approximate surface area is 105 Å². The quantitative estimate of drug-likeness (QED) is 0.738. The summed E-state index contributed by atoms with van der Waals surface area (Å²) in [5.41, 5.74) is 6.08. The van der Waals surface area contributed by atoms with Crippen LogP contribution in [0, 0.1) is 0 Å². The van der Waals surface area contributed by atoms with E-state index in [0.717, 1.165) is 4.31 Å². The van der Waals surface area contributed by atoms with Crippen LogP contribution in [-0.2, 0) is 14.8 Å². The van der Waals surface area contributed by atoms with Crippen molar-refractivity contribution in [2.75, 3.05) is 29.9 Å². The van der Waals surface area contributed by atoms with Crippen LogP contribution in [0.25, 0.3) is 0 Å². The highest BCUT2D eigenvalue weighted by molar-refractivity contribution is 7.93. The number of anilines is 2. The van der Waals surface area contributed by atoms with Crippen LogP contribution in [-0.4, -0.2) is 39.4 Å². The molecule has 0 aliphatic rings. The lowest BCUT2D eigenvalue weighted by Gasteiger charge is -2.20. The van der Waals surface area contributed by atoms with E-state index in [1.165, 1.54) is 26.3 Å². The lowest BCUT2D eigenvalue weighted by Crippen LogP contribution is -2.32. The van der Waals surface area contributed by atoms with Crippen LogP contribution in [0.15, 0.2) is 18.2 Å². The fourth-order valence-electron chi connectivity index (χ4n) is 1.35. The van der Waals surface area contributed by atoms with Gasteiger partial charge in [-0.05, 0) is 12.1 Å². The molecule has 18 heavy (non-hydrogen) atoms. The van der Waals surface area contributed by atoms with Gasteiger partial charge in [0, 0.05) is 13.1 Å². The smallest absolute Gasteiger partial charge is 0.320 e. The number of carboxylic acid groups (broad SMARTS) is 1. The lowest BCUT2D eigenvalue weighted by atomic mass is 10.2. The van der Waals surface area contributed by atoms with Crippen molar-refractivity contribution in [3.05, 3.63) is 18.2 Å². The summed E-state index contributed by atoms with van der Waals surface area (Å²) in [4.78, 5) is 10.5. The van der Waals surface area contributed by atoms with Crippen molar-refractivity contribution in [1.82, 2.24) is 0 Å². The van der Waals surface area contributed by atoms with E-state index >= 15 is 0 Å². The fraction of sp³-hybridized carbons (Fsp3) is 0.300. The van der Waals surface area contributed by atoms with E-state index in [0.29, 0.717) is 5.75 Å². The highest BCUT2D eigenvalue weighted by Gasteiger charge is 2.23. The molecule has 3 N–H and O–H groups in total. The molecule has 0 aliphatic carbocycles. The number of aliphatic carboxylic acids is 1. The molecule has 0 aliphatic heterocycles. The first-order chi connectivity index (χ1) is 8.27. The summed E-state index contributed by atoms with van der Waals surface area (Å²) in [5.74, 6) is -1.93. The Hall–Kier alpha value is -1.96. The molecule has 0 radical (unpaired) electrons. The maximum atomic E-state index is 11.7. The van der Waals surface area contributed by atoms with Crippen LogP contribution in [0.1, 0.15) is 0 Å². The number of hydrogen-bond acceptors (Lipinski definition) is 5. The minimum absolute atomic E-state index is 0.186. The van der Waals surface area contributed by atoms with Crippen molar-refractivity contribution in [2.24, 2.45) is 0 Å². The molecule has 100 valence electrons. The van der Waals surface area contributed by atoms with Gasteiger partial charge in [-0.25, -0.2) is 8.42 Å². The number of ether oxygens (including phenoxy) is 1. The van der Waals surface area contributed by atoms with Crippen LogP contribution < -0.4 is 14.8 Å². The second-order valence-corrected chi connectivity index (χ2v) is 5.54. The molecule has 1 aromatic rings. The van der Waals surface area contributed by atoms with Crippen LogP contribution in [0.5, 0.6) is 5.75 Å². The number of carboxylic acids is 1. The first-order valence-electron chi connectivity index (χ1n) is 4.90. The molecule has 0 unspecified atom stereocenters. The van der Waals surface area contributed by atoms with Gasteiger partial charge in [-0.15, -0.1) is 0 Å². The summed E-state index contributed by atoms with van der Waals surface area (Å²) in [7, 11) is -1.24. The molecule has 0 atom stereocenters. The van der Waals surface area contributed by atoms with Crippen LogP contribution in [0.3, 0.4) is 0 Å². The SMILES string of the molecule is COc1ccc(N(C)S(=O)(=O)CC(=O)O)c(N)c1. The van der Waals surface area contributed by atoms with Crippen molar-refractivity contribution in [3.63, 3.8) is 0 Å². The van der Waals surface area contributed by atoms with Crippen LogP contribution in [0.2, 0.25) is 0 Å². The fourth-order valence-corrected chi connectivity index (χ4v) is 2.32. The zero-order chi connectivity index (χ0) is 13.9. The number of carbonyl (C=O) groups is 1. The number of hydrogen-bond donors (Lipinski definition) is 2. The molecule has 1 rings (SSSR count). The average Bonchev–Trinajstić information content (AvgIpc) is 2.26. The van der Waals surface area contributed by atoms with Gasteiger partial charge in [-0.2, -0.15) is 0 Å². The zero-order valence-electron chi connectivity index (χ0n) is 9.95. The Morgan fingerprint density at radius 2 is 2.11 bits per heavy atom. The molecule has 8 heteroatoms. The van der Waals surface area contributed by atoms with Gasteiger partial charge in [-0.3, -0.25) is 9.10 Å². The van der Waals surface area contributed by atoms with E-state index in [2.05, 4.69) is 0 Å². The molecule has 0 saturated carbocycles. The van der Waals surface area contributed by atoms with E-state index in [1.807, 2.05) is 0 Å². The highest BCUT2D eigenvalue weighted by Crippen LogP contribution is 2.28. The summed E-state index contributed by atoms with van der Waals surface area (Å²) in [5, 5.41) is 8.54. The number of nitrogen functional groups attached to an aromatic ring is 1. The van der Waals surface area contributed by atoms with Gasteiger partial charge >= 0.3 is 5.97 Å². The molecule has 0 aromatic heterocycles. The van der Waals surface area contributed by atoms with E-state index in [-0.39, 0.29) is 11.4 Å². The third-order valence-corrected chi connectivity index (χ3v) is 3.94. The molecular weight excluding hydrogens is 260 g/mol. The highest BCUT2D eigenvalue weighted by atomic mass is 32.2. The molecule has 0 amide bonds. The number of benzene rings is 1. The maximum absolute atomic E-state index is 11.7. The molecule has 0 bridgehead atoms. The third-order valence-electron chi connectivity index (χ3n) is 2.30. The van der Waals surface area contributed by atoms with Crippen LogP contribution in [0.4, 0.5) is 11.4 Å². The average molecular weight is 274 g/mol. The minimum atomic E-state index is -3.94. The van der Waals surface area contributed by atoms with Crippen molar-refractivity contribution in [3.8, 4) is 5.75 Å². The zero-order valence-corrected chi connectivity index (χ0v) is 10.8. The normalized spacial score (nSPS) is 11.0. The van der Waals surface area contributed by atoms with E-state index in [1.54, 1.807) is 6.07 Å². The molecular formula is C10H14N2O5S. The first kappa shape index (κ1) is 14.1. The van der Waals surface area contributed by atoms with Gasteiger partial charge in [0.25, 0.3) is 0 Å². The number of nitrogens with two attached hydrogens (primary N) is 1. The van der Waals surface area contributed by atoms with Gasteiger partial charge < -0.3 is 15.6 Å². The third kappa shape index (κ3) is 3.04. The second-order valence-electron chi connectivity index (χ2n) is 3.54. The molecule has 1 aromatic carbocycles. The van der Waals surface area contributed by atoms with Gasteiger partial charge in [0.15, 0.2) is 5.75 Å². The van der Waals surface area contributed by atoms with Gasteiger partial charge in [0.2, 0.25) is 10.0 Å². The topological polar surface area (TPSA) is 110 Å². The van der Waals surface area contributed by atoms with Gasteiger partial charge in [-0.1, -0.05) is 0 Å². The Balaban J connectivity index is 3.11. The van der Waals surface area contributed by atoms with E-state index < -0.39 is 21.7 Å². The minimum Gasteiger partial charge on any atom is -0.497 e. The molecule has 0 fully saturated rings. The van der Waals surface area contributed by atoms with E-state index in [4.69, 9.17) is 15.6 Å². The predicted molar refractivity (Wildman–Crippen MR) is 67.2 cm³/mol. The standard InChI is InChI=1S/C10H14N2O5S/c1-12(18(15,16)6-10(13)14)9-4-3-7(17-2)5-8(9)11/h3-5H,6,11H2,1-2H3,(H,13,14). The van der Waals surface area contributed by atoms with Gasteiger partial charge in [0.1, 0.15) is 5.75 Å². The molecule has 0 saturated heterocycles. The molecule has 0 heterocycles. The molecule has 0 spiro atoms. The summed E-state index contributed by atoms with van der Waals surface area (Å²) in [6.07, 6.45) is 0. The van der Waals surface area contributed by atoms with E-state index in [9.17, 15) is 13.2 Å². The Bertz CT molecular complexity index is 555.